The van der Waals surface area contributed by atoms with E-state index in [0.29, 0.717) is 18.1 Å². The molecule has 1 heterocycles. The van der Waals surface area contributed by atoms with Gasteiger partial charge in [-0.1, -0.05) is 24.3 Å². The monoisotopic (exact) mass is 327 g/mol. The fraction of sp³-hybridized carbons (Fsp3) is 0.389. The third-order valence-corrected chi connectivity index (χ3v) is 3.68. The summed E-state index contributed by atoms with van der Waals surface area (Å²) in [6.07, 6.45) is 4.11. The second kappa shape index (κ2) is 8.98. The highest BCUT2D eigenvalue weighted by Crippen LogP contribution is 2.07. The maximum atomic E-state index is 12.2. The van der Waals surface area contributed by atoms with E-state index < -0.39 is 0 Å². The van der Waals surface area contributed by atoms with E-state index in [1.807, 2.05) is 45.3 Å². The Morgan fingerprint density at radius 2 is 1.88 bits per heavy atom. The number of aromatic nitrogens is 2. The van der Waals surface area contributed by atoms with Crippen LogP contribution < -0.4 is 10.6 Å². The molecule has 0 aliphatic heterocycles. The Kier molecular flexibility index (Phi) is 6.69. The van der Waals surface area contributed by atoms with E-state index in [1.54, 1.807) is 12.4 Å². The fourth-order valence-electron chi connectivity index (χ4n) is 2.22. The van der Waals surface area contributed by atoms with Crippen molar-refractivity contribution < 1.29 is 4.79 Å². The van der Waals surface area contributed by atoms with E-state index in [2.05, 4.69) is 25.5 Å². The van der Waals surface area contributed by atoms with Crippen molar-refractivity contribution in [2.45, 2.75) is 19.9 Å². The molecular formula is C18H25N5O. The molecule has 2 rings (SSSR count). The summed E-state index contributed by atoms with van der Waals surface area (Å²) < 4.78 is 0. The molecule has 0 fully saturated rings. The average Bonchev–Trinajstić information content (AvgIpc) is 2.58. The number of rotatable bonds is 8. The molecule has 0 spiro atoms. The molecule has 0 aliphatic rings. The molecule has 0 saturated carbocycles. The first-order valence-corrected chi connectivity index (χ1v) is 8.09. The number of nitrogens with one attached hydrogen (secondary N) is 2. The lowest BCUT2D eigenvalue weighted by atomic mass is 10.1. The zero-order chi connectivity index (χ0) is 17.4. The molecule has 1 amide bonds. The molecule has 1 aromatic carbocycles. The first-order chi connectivity index (χ1) is 11.6. The largest absolute Gasteiger partial charge is 0.354 e. The van der Waals surface area contributed by atoms with Crippen molar-refractivity contribution in [2.24, 2.45) is 0 Å². The van der Waals surface area contributed by atoms with Crippen LogP contribution in [0.25, 0.3) is 0 Å². The van der Waals surface area contributed by atoms with Crippen molar-refractivity contribution in [3.05, 3.63) is 53.3 Å². The van der Waals surface area contributed by atoms with Crippen LogP contribution in [0.1, 0.15) is 27.9 Å². The van der Waals surface area contributed by atoms with Gasteiger partial charge in [0.25, 0.3) is 5.91 Å². The maximum Gasteiger partial charge on any atom is 0.254 e. The number of hydrogen-bond acceptors (Lipinski definition) is 5. The number of carbonyl (C=O) groups is 1. The van der Waals surface area contributed by atoms with E-state index in [-0.39, 0.29) is 5.91 Å². The first kappa shape index (κ1) is 17.9. The van der Waals surface area contributed by atoms with E-state index in [1.165, 1.54) is 0 Å². The zero-order valence-electron chi connectivity index (χ0n) is 14.5. The van der Waals surface area contributed by atoms with Crippen LogP contribution in [0.4, 0.5) is 5.95 Å². The number of aryl methyl sites for hydroxylation is 1. The molecule has 0 bridgehead atoms. The van der Waals surface area contributed by atoms with Crippen molar-refractivity contribution in [2.75, 3.05) is 32.5 Å². The zero-order valence-corrected chi connectivity index (χ0v) is 14.5. The van der Waals surface area contributed by atoms with Crippen molar-refractivity contribution in [3.63, 3.8) is 0 Å². The van der Waals surface area contributed by atoms with Gasteiger partial charge in [-0.3, -0.25) is 4.79 Å². The summed E-state index contributed by atoms with van der Waals surface area (Å²) in [6.45, 7) is 4.33. The Balaban J connectivity index is 1.81. The highest BCUT2D eigenvalue weighted by atomic mass is 16.1. The molecule has 2 aromatic rings. The maximum absolute atomic E-state index is 12.2. The molecule has 0 unspecified atom stereocenters. The Morgan fingerprint density at radius 1 is 1.17 bits per heavy atom. The van der Waals surface area contributed by atoms with Gasteiger partial charge in [0, 0.05) is 25.5 Å². The molecule has 0 atom stereocenters. The van der Waals surface area contributed by atoms with Crippen molar-refractivity contribution in [1.29, 1.82) is 0 Å². The molecule has 6 nitrogen and oxygen atoms in total. The van der Waals surface area contributed by atoms with Gasteiger partial charge < -0.3 is 15.5 Å². The van der Waals surface area contributed by atoms with Gasteiger partial charge in [0.15, 0.2) is 0 Å². The molecule has 0 saturated heterocycles. The summed E-state index contributed by atoms with van der Waals surface area (Å²) in [5, 5.41) is 6.05. The number of benzene rings is 1. The quantitative estimate of drug-likeness (QED) is 0.727. The Bertz CT molecular complexity index is 655. The Hall–Kier alpha value is -2.47. The van der Waals surface area contributed by atoms with E-state index in [9.17, 15) is 4.79 Å². The average molecular weight is 327 g/mol. The van der Waals surface area contributed by atoms with Crippen LogP contribution in [-0.4, -0.2) is 48.0 Å². The molecule has 2 N–H and O–H groups in total. The van der Waals surface area contributed by atoms with Crippen molar-refractivity contribution in [1.82, 2.24) is 20.2 Å². The van der Waals surface area contributed by atoms with Crippen LogP contribution in [0.15, 0.2) is 36.7 Å². The normalized spacial score (nSPS) is 10.7. The lowest BCUT2D eigenvalue weighted by molar-refractivity contribution is 0.0950. The Labute approximate surface area is 143 Å². The summed E-state index contributed by atoms with van der Waals surface area (Å²) >= 11 is 0. The minimum Gasteiger partial charge on any atom is -0.354 e. The van der Waals surface area contributed by atoms with Crippen LogP contribution in [0.3, 0.4) is 0 Å². The van der Waals surface area contributed by atoms with Gasteiger partial charge in [-0.25, -0.2) is 9.97 Å². The highest BCUT2D eigenvalue weighted by molar-refractivity contribution is 5.93. The summed E-state index contributed by atoms with van der Waals surface area (Å²) in [5.74, 6) is 0.377. The minimum absolute atomic E-state index is 0.169. The smallest absolute Gasteiger partial charge is 0.254 e. The topological polar surface area (TPSA) is 70.2 Å². The molecular weight excluding hydrogens is 302 g/mol. The van der Waals surface area contributed by atoms with Gasteiger partial charge >= 0.3 is 0 Å². The summed E-state index contributed by atoms with van der Waals surface area (Å²) in [5.41, 5.74) is 2.72. The van der Waals surface area contributed by atoms with Crippen LogP contribution in [0.5, 0.6) is 0 Å². The van der Waals surface area contributed by atoms with E-state index in [0.717, 1.165) is 30.6 Å². The van der Waals surface area contributed by atoms with Gasteiger partial charge in [-0.05, 0) is 45.1 Å². The highest BCUT2D eigenvalue weighted by Gasteiger charge is 2.07. The standard InChI is InChI=1S/C18H25N5O/c1-14-7-4-5-8-15(14)11-20-17(24)16-12-21-18(22-13-16)19-9-6-10-23(2)3/h4-5,7-8,12-13H,6,9-11H2,1-3H3,(H,20,24)(H,19,21,22). The van der Waals surface area contributed by atoms with E-state index in [4.69, 9.17) is 0 Å². The molecule has 1 aromatic heterocycles. The molecule has 0 aliphatic carbocycles. The van der Waals surface area contributed by atoms with Crippen LogP contribution >= 0.6 is 0 Å². The molecule has 128 valence electrons. The molecule has 0 radical (unpaired) electrons. The molecule has 6 heteroatoms. The number of nitrogens with zero attached hydrogens (tertiary/aromatic N) is 3. The minimum atomic E-state index is -0.169. The van der Waals surface area contributed by atoms with Gasteiger partial charge in [0.1, 0.15) is 0 Å². The fourth-order valence-corrected chi connectivity index (χ4v) is 2.22. The third-order valence-electron chi connectivity index (χ3n) is 3.68. The number of amides is 1. The summed E-state index contributed by atoms with van der Waals surface area (Å²) in [4.78, 5) is 22.7. The summed E-state index contributed by atoms with van der Waals surface area (Å²) in [6, 6.07) is 7.99. The van der Waals surface area contributed by atoms with Crippen LogP contribution in [0, 0.1) is 6.92 Å². The lowest BCUT2D eigenvalue weighted by Crippen LogP contribution is -2.23. The van der Waals surface area contributed by atoms with Crippen LogP contribution in [-0.2, 0) is 6.54 Å². The van der Waals surface area contributed by atoms with Gasteiger partial charge in [0.2, 0.25) is 5.95 Å². The Morgan fingerprint density at radius 3 is 2.54 bits per heavy atom. The predicted octanol–water partition coefficient (Wildman–Crippen LogP) is 2.08. The van der Waals surface area contributed by atoms with Crippen molar-refractivity contribution >= 4 is 11.9 Å². The second-order valence-electron chi connectivity index (χ2n) is 5.99. The van der Waals surface area contributed by atoms with Gasteiger partial charge in [0.05, 0.1) is 5.56 Å². The van der Waals surface area contributed by atoms with Crippen LogP contribution in [0.2, 0.25) is 0 Å². The lowest BCUT2D eigenvalue weighted by Gasteiger charge is -2.10. The van der Waals surface area contributed by atoms with Gasteiger partial charge in [-0.2, -0.15) is 0 Å². The first-order valence-electron chi connectivity index (χ1n) is 8.09. The number of hydrogen-bond donors (Lipinski definition) is 2. The third kappa shape index (κ3) is 5.62. The summed E-state index contributed by atoms with van der Waals surface area (Å²) in [7, 11) is 4.09. The number of anilines is 1. The number of carbonyl (C=O) groups excluding carboxylic acids is 1. The van der Waals surface area contributed by atoms with E-state index >= 15 is 0 Å². The van der Waals surface area contributed by atoms with Gasteiger partial charge in [-0.15, -0.1) is 0 Å². The SMILES string of the molecule is Cc1ccccc1CNC(=O)c1cnc(NCCCN(C)C)nc1. The second-order valence-corrected chi connectivity index (χ2v) is 5.99. The molecule has 24 heavy (non-hydrogen) atoms. The van der Waals surface area contributed by atoms with Crippen molar-refractivity contribution in [3.8, 4) is 0 Å². The predicted molar refractivity (Wildman–Crippen MR) is 96.0 cm³/mol.